The Morgan fingerprint density at radius 3 is 2.56 bits per heavy atom. The predicted molar refractivity (Wildman–Crippen MR) is 62.1 cm³/mol. The fourth-order valence-corrected chi connectivity index (χ4v) is 1.70. The Morgan fingerprint density at radius 2 is 1.94 bits per heavy atom. The van der Waals surface area contributed by atoms with E-state index in [9.17, 15) is 10.2 Å². The number of benzene rings is 1. The summed E-state index contributed by atoms with van der Waals surface area (Å²) in [7, 11) is 1.72. The molecular formula is C12H19NO3. The van der Waals surface area contributed by atoms with Gasteiger partial charge in [0, 0.05) is 13.2 Å². The van der Waals surface area contributed by atoms with Crippen LogP contribution in [0, 0.1) is 0 Å². The van der Waals surface area contributed by atoms with E-state index in [0.29, 0.717) is 18.5 Å². The summed E-state index contributed by atoms with van der Waals surface area (Å²) >= 11 is 0. The van der Waals surface area contributed by atoms with Crippen molar-refractivity contribution in [3.8, 4) is 0 Å². The summed E-state index contributed by atoms with van der Waals surface area (Å²) in [6, 6.07) is 7.28. The molecule has 16 heavy (non-hydrogen) atoms. The zero-order valence-electron chi connectivity index (χ0n) is 9.43. The first-order chi connectivity index (χ1) is 7.70. The van der Waals surface area contributed by atoms with Gasteiger partial charge in [0.1, 0.15) is 6.10 Å². The average Bonchev–Trinajstić information content (AvgIpc) is 2.29. The average molecular weight is 225 g/mol. The molecule has 0 saturated carbocycles. The Hall–Kier alpha value is -0.940. The molecule has 4 heteroatoms. The Kier molecular flexibility index (Phi) is 5.42. The first kappa shape index (κ1) is 13.1. The van der Waals surface area contributed by atoms with Gasteiger partial charge in [-0.15, -0.1) is 0 Å². The van der Waals surface area contributed by atoms with Gasteiger partial charge < -0.3 is 20.6 Å². The molecule has 2 atom stereocenters. The molecule has 4 N–H and O–H groups in total. The normalized spacial score (nSPS) is 14.8. The lowest BCUT2D eigenvalue weighted by atomic mass is 9.97. The summed E-state index contributed by atoms with van der Waals surface area (Å²) in [4.78, 5) is 0. The minimum absolute atomic E-state index is 0.0336. The maximum atomic E-state index is 9.96. The van der Waals surface area contributed by atoms with E-state index in [2.05, 4.69) is 5.32 Å². The summed E-state index contributed by atoms with van der Waals surface area (Å²) in [6.45, 7) is 0.362. The molecule has 0 saturated heterocycles. The number of hydrogen-bond acceptors (Lipinski definition) is 4. The van der Waals surface area contributed by atoms with E-state index in [0.717, 1.165) is 5.56 Å². The fourth-order valence-electron chi connectivity index (χ4n) is 1.70. The Morgan fingerprint density at radius 1 is 1.25 bits per heavy atom. The molecule has 4 nitrogen and oxygen atoms in total. The number of aliphatic hydroxyl groups is 3. The third-order valence-electron chi connectivity index (χ3n) is 2.53. The second-order valence-corrected chi connectivity index (χ2v) is 3.74. The predicted octanol–water partition coefficient (Wildman–Crippen LogP) is -0.165. The fraction of sp³-hybridized carbons (Fsp3) is 0.500. The molecule has 0 aliphatic carbocycles. The lowest BCUT2D eigenvalue weighted by molar-refractivity contribution is 0.0196. The largest absolute Gasteiger partial charge is 0.396 e. The molecular weight excluding hydrogens is 206 g/mol. The van der Waals surface area contributed by atoms with Gasteiger partial charge in [-0.1, -0.05) is 24.3 Å². The van der Waals surface area contributed by atoms with Crippen LogP contribution in [-0.2, 0) is 6.42 Å². The van der Waals surface area contributed by atoms with Crippen molar-refractivity contribution in [2.75, 3.05) is 20.2 Å². The van der Waals surface area contributed by atoms with Crippen molar-refractivity contribution in [2.24, 2.45) is 0 Å². The first-order valence-corrected chi connectivity index (χ1v) is 5.40. The summed E-state index contributed by atoms with van der Waals surface area (Å²) in [5.74, 6) is 0. The van der Waals surface area contributed by atoms with Crippen molar-refractivity contribution >= 4 is 0 Å². The minimum Gasteiger partial charge on any atom is -0.396 e. The van der Waals surface area contributed by atoms with E-state index in [4.69, 9.17) is 5.11 Å². The van der Waals surface area contributed by atoms with Crippen LogP contribution in [-0.4, -0.2) is 41.6 Å². The SMILES string of the molecule is CNCC(O)C(O)c1ccccc1CCO. The summed E-state index contributed by atoms with van der Waals surface area (Å²) in [6.07, 6.45) is -1.28. The third-order valence-corrected chi connectivity index (χ3v) is 2.53. The maximum absolute atomic E-state index is 9.96. The summed E-state index contributed by atoms with van der Waals surface area (Å²) in [5, 5.41) is 31.4. The highest BCUT2D eigenvalue weighted by Crippen LogP contribution is 2.21. The molecule has 90 valence electrons. The smallest absolute Gasteiger partial charge is 0.106 e. The zero-order valence-corrected chi connectivity index (χ0v) is 9.43. The lowest BCUT2D eigenvalue weighted by Crippen LogP contribution is -2.30. The summed E-state index contributed by atoms with van der Waals surface area (Å²) in [5.41, 5.74) is 1.55. The number of aliphatic hydroxyl groups excluding tert-OH is 3. The first-order valence-electron chi connectivity index (χ1n) is 5.40. The molecule has 1 rings (SSSR count). The van der Waals surface area contributed by atoms with Gasteiger partial charge in [0.25, 0.3) is 0 Å². The van der Waals surface area contributed by atoms with Gasteiger partial charge in [0.15, 0.2) is 0 Å². The van der Waals surface area contributed by atoms with Crippen molar-refractivity contribution < 1.29 is 15.3 Å². The minimum atomic E-state index is -0.921. The van der Waals surface area contributed by atoms with Crippen molar-refractivity contribution in [1.82, 2.24) is 5.32 Å². The van der Waals surface area contributed by atoms with E-state index in [1.807, 2.05) is 18.2 Å². The molecule has 0 aliphatic heterocycles. The van der Waals surface area contributed by atoms with Crippen LogP contribution in [0.5, 0.6) is 0 Å². The van der Waals surface area contributed by atoms with Crippen LogP contribution in [0.2, 0.25) is 0 Å². The number of hydrogen-bond donors (Lipinski definition) is 4. The van der Waals surface area contributed by atoms with Crippen molar-refractivity contribution in [1.29, 1.82) is 0 Å². The number of nitrogens with one attached hydrogen (secondary N) is 1. The van der Waals surface area contributed by atoms with E-state index in [1.165, 1.54) is 0 Å². The van der Waals surface area contributed by atoms with Gasteiger partial charge in [0.2, 0.25) is 0 Å². The molecule has 1 aromatic rings. The van der Waals surface area contributed by atoms with Crippen LogP contribution in [0.15, 0.2) is 24.3 Å². The van der Waals surface area contributed by atoms with E-state index in [1.54, 1.807) is 13.1 Å². The standard InChI is InChI=1S/C12H19NO3/c1-13-8-11(15)12(16)10-5-3-2-4-9(10)6-7-14/h2-5,11-16H,6-8H2,1H3. The molecule has 0 radical (unpaired) electrons. The van der Waals surface area contributed by atoms with Gasteiger partial charge in [-0.2, -0.15) is 0 Å². The quantitative estimate of drug-likeness (QED) is 0.542. The highest BCUT2D eigenvalue weighted by atomic mass is 16.3. The molecule has 0 spiro atoms. The number of rotatable bonds is 6. The van der Waals surface area contributed by atoms with E-state index >= 15 is 0 Å². The Balaban J connectivity index is 2.84. The summed E-state index contributed by atoms with van der Waals surface area (Å²) < 4.78 is 0. The van der Waals surface area contributed by atoms with Crippen LogP contribution in [0.1, 0.15) is 17.2 Å². The zero-order chi connectivity index (χ0) is 12.0. The molecule has 0 bridgehead atoms. The molecule has 1 aromatic carbocycles. The Labute approximate surface area is 95.6 Å². The third kappa shape index (κ3) is 3.28. The van der Waals surface area contributed by atoms with Gasteiger partial charge in [0.05, 0.1) is 6.10 Å². The number of likely N-dealkylation sites (N-methyl/N-ethyl adjacent to an activating group) is 1. The highest BCUT2D eigenvalue weighted by Gasteiger charge is 2.19. The van der Waals surface area contributed by atoms with Crippen LogP contribution < -0.4 is 5.32 Å². The maximum Gasteiger partial charge on any atom is 0.106 e. The molecule has 0 amide bonds. The van der Waals surface area contributed by atoms with Crippen molar-refractivity contribution in [3.05, 3.63) is 35.4 Å². The van der Waals surface area contributed by atoms with E-state index in [-0.39, 0.29) is 6.61 Å². The van der Waals surface area contributed by atoms with E-state index < -0.39 is 12.2 Å². The topological polar surface area (TPSA) is 72.7 Å². The Bertz CT molecular complexity index is 317. The lowest BCUT2D eigenvalue weighted by Gasteiger charge is -2.20. The second kappa shape index (κ2) is 6.60. The molecule has 2 unspecified atom stereocenters. The van der Waals surface area contributed by atoms with Crippen LogP contribution in [0.3, 0.4) is 0 Å². The van der Waals surface area contributed by atoms with Gasteiger partial charge in [-0.3, -0.25) is 0 Å². The van der Waals surface area contributed by atoms with Crippen molar-refractivity contribution in [2.45, 2.75) is 18.6 Å². The molecule has 0 fully saturated rings. The highest BCUT2D eigenvalue weighted by molar-refractivity contribution is 5.30. The van der Waals surface area contributed by atoms with Gasteiger partial charge in [-0.25, -0.2) is 0 Å². The second-order valence-electron chi connectivity index (χ2n) is 3.74. The monoisotopic (exact) mass is 225 g/mol. The van der Waals surface area contributed by atoms with Gasteiger partial charge in [-0.05, 0) is 24.6 Å². The molecule has 0 aromatic heterocycles. The van der Waals surface area contributed by atoms with Gasteiger partial charge >= 0.3 is 0 Å². The van der Waals surface area contributed by atoms with Crippen LogP contribution >= 0.6 is 0 Å². The molecule has 0 heterocycles. The van der Waals surface area contributed by atoms with Crippen LogP contribution in [0.25, 0.3) is 0 Å². The van der Waals surface area contributed by atoms with Crippen LogP contribution in [0.4, 0.5) is 0 Å². The molecule has 0 aliphatic rings. The van der Waals surface area contributed by atoms with Crippen molar-refractivity contribution in [3.63, 3.8) is 0 Å².